The smallest absolute Gasteiger partial charge is 0.210 e. The SMILES string of the molecule is COc1c(F)cc(C(O)CN)c(O)c1F. The van der Waals surface area contributed by atoms with Crippen LogP contribution in [0.2, 0.25) is 0 Å². The molecule has 0 bridgehead atoms. The predicted octanol–water partition coefficient (Wildman–Crippen LogP) is 0.671. The largest absolute Gasteiger partial charge is 0.504 e. The molecular weight excluding hydrogens is 208 g/mol. The minimum absolute atomic E-state index is 0.251. The van der Waals surface area contributed by atoms with Crippen molar-refractivity contribution in [2.24, 2.45) is 5.73 Å². The van der Waals surface area contributed by atoms with Crippen molar-refractivity contribution < 1.29 is 23.7 Å². The normalized spacial score (nSPS) is 12.6. The summed E-state index contributed by atoms with van der Waals surface area (Å²) in [4.78, 5) is 0. The molecule has 1 aromatic rings. The number of nitrogens with two attached hydrogens (primary N) is 1. The highest BCUT2D eigenvalue weighted by atomic mass is 19.1. The van der Waals surface area contributed by atoms with Crippen LogP contribution in [0.5, 0.6) is 11.5 Å². The number of aliphatic hydroxyl groups excluding tert-OH is 1. The van der Waals surface area contributed by atoms with E-state index in [1.54, 1.807) is 0 Å². The highest BCUT2D eigenvalue weighted by Gasteiger charge is 2.22. The van der Waals surface area contributed by atoms with Gasteiger partial charge in [-0.15, -0.1) is 0 Å². The zero-order valence-corrected chi connectivity index (χ0v) is 8.00. The third kappa shape index (κ3) is 2.00. The van der Waals surface area contributed by atoms with Crippen molar-refractivity contribution in [3.8, 4) is 11.5 Å². The van der Waals surface area contributed by atoms with Crippen LogP contribution in [0.4, 0.5) is 8.78 Å². The fourth-order valence-electron chi connectivity index (χ4n) is 1.18. The molecule has 0 aromatic heterocycles. The Morgan fingerprint density at radius 3 is 2.60 bits per heavy atom. The van der Waals surface area contributed by atoms with Crippen molar-refractivity contribution in [2.45, 2.75) is 6.10 Å². The van der Waals surface area contributed by atoms with Gasteiger partial charge in [-0.25, -0.2) is 4.39 Å². The van der Waals surface area contributed by atoms with E-state index in [0.717, 1.165) is 13.2 Å². The van der Waals surface area contributed by atoms with Gasteiger partial charge in [-0.2, -0.15) is 4.39 Å². The Bertz CT molecular complexity index is 371. The average Bonchev–Trinajstić information content (AvgIpc) is 2.23. The fraction of sp³-hybridized carbons (Fsp3) is 0.333. The summed E-state index contributed by atoms with van der Waals surface area (Å²) < 4.78 is 30.8. The van der Waals surface area contributed by atoms with E-state index in [4.69, 9.17) is 5.73 Å². The van der Waals surface area contributed by atoms with Gasteiger partial charge < -0.3 is 20.7 Å². The van der Waals surface area contributed by atoms with Crippen molar-refractivity contribution >= 4 is 0 Å². The number of phenolic OH excluding ortho intramolecular Hbond substituents is 1. The first kappa shape index (κ1) is 11.7. The number of aromatic hydroxyl groups is 1. The van der Waals surface area contributed by atoms with E-state index in [1.165, 1.54) is 0 Å². The monoisotopic (exact) mass is 219 g/mol. The van der Waals surface area contributed by atoms with Gasteiger partial charge in [0, 0.05) is 12.1 Å². The number of hydrogen-bond donors (Lipinski definition) is 3. The lowest BCUT2D eigenvalue weighted by molar-refractivity contribution is 0.180. The van der Waals surface area contributed by atoms with Crippen LogP contribution in [0, 0.1) is 11.6 Å². The number of aliphatic hydroxyl groups is 1. The zero-order valence-electron chi connectivity index (χ0n) is 8.00. The van der Waals surface area contributed by atoms with Gasteiger partial charge >= 0.3 is 0 Å². The van der Waals surface area contributed by atoms with E-state index in [-0.39, 0.29) is 12.1 Å². The molecule has 0 spiro atoms. The van der Waals surface area contributed by atoms with E-state index in [0.29, 0.717) is 0 Å². The molecule has 4 nitrogen and oxygen atoms in total. The van der Waals surface area contributed by atoms with Gasteiger partial charge in [0.25, 0.3) is 0 Å². The highest BCUT2D eigenvalue weighted by molar-refractivity contribution is 5.44. The quantitative estimate of drug-likeness (QED) is 0.698. The van der Waals surface area contributed by atoms with Gasteiger partial charge in [0.1, 0.15) is 0 Å². The summed E-state index contributed by atoms with van der Waals surface area (Å²) in [6.45, 7) is -0.251. The Kier molecular flexibility index (Phi) is 3.43. The van der Waals surface area contributed by atoms with Gasteiger partial charge in [-0.1, -0.05) is 0 Å². The number of ether oxygens (including phenoxy) is 1. The molecule has 0 heterocycles. The van der Waals surface area contributed by atoms with Crippen LogP contribution in [-0.4, -0.2) is 23.9 Å². The van der Waals surface area contributed by atoms with Crippen LogP contribution in [0.3, 0.4) is 0 Å². The maximum Gasteiger partial charge on any atom is 0.210 e. The highest BCUT2D eigenvalue weighted by Crippen LogP contribution is 2.34. The number of rotatable bonds is 3. The van der Waals surface area contributed by atoms with Crippen LogP contribution >= 0.6 is 0 Å². The summed E-state index contributed by atoms with van der Waals surface area (Å²) >= 11 is 0. The molecule has 0 saturated carbocycles. The Balaban J connectivity index is 3.33. The lowest BCUT2D eigenvalue weighted by Crippen LogP contribution is -2.12. The van der Waals surface area contributed by atoms with E-state index in [1.807, 2.05) is 0 Å². The Morgan fingerprint density at radius 1 is 1.53 bits per heavy atom. The average molecular weight is 219 g/mol. The van der Waals surface area contributed by atoms with E-state index < -0.39 is 29.2 Å². The molecule has 1 aromatic carbocycles. The number of phenols is 1. The summed E-state index contributed by atoms with van der Waals surface area (Å²) in [6, 6.07) is 0.786. The molecule has 84 valence electrons. The Labute approximate surface area is 84.9 Å². The molecule has 0 radical (unpaired) electrons. The first-order chi connectivity index (χ1) is 7.02. The fourth-order valence-corrected chi connectivity index (χ4v) is 1.18. The zero-order chi connectivity index (χ0) is 11.6. The van der Waals surface area contributed by atoms with Gasteiger partial charge in [0.15, 0.2) is 17.3 Å². The van der Waals surface area contributed by atoms with Gasteiger partial charge in [0.05, 0.1) is 13.2 Å². The molecule has 1 atom stereocenters. The Morgan fingerprint density at radius 2 is 2.13 bits per heavy atom. The van der Waals surface area contributed by atoms with E-state index in [9.17, 15) is 19.0 Å². The molecule has 0 aliphatic carbocycles. The van der Waals surface area contributed by atoms with Crippen LogP contribution < -0.4 is 10.5 Å². The number of halogens is 2. The predicted molar refractivity (Wildman–Crippen MR) is 48.6 cm³/mol. The van der Waals surface area contributed by atoms with Gasteiger partial charge in [-0.05, 0) is 6.07 Å². The minimum Gasteiger partial charge on any atom is -0.504 e. The molecule has 0 fully saturated rings. The van der Waals surface area contributed by atoms with Crippen molar-refractivity contribution in [1.29, 1.82) is 0 Å². The molecule has 4 N–H and O–H groups in total. The van der Waals surface area contributed by atoms with Crippen LogP contribution in [-0.2, 0) is 0 Å². The third-order valence-corrected chi connectivity index (χ3v) is 1.97. The maximum absolute atomic E-state index is 13.3. The summed E-state index contributed by atoms with van der Waals surface area (Å²) in [5, 5.41) is 18.6. The van der Waals surface area contributed by atoms with Crippen molar-refractivity contribution in [3.05, 3.63) is 23.3 Å². The first-order valence-corrected chi connectivity index (χ1v) is 4.15. The maximum atomic E-state index is 13.3. The molecule has 0 amide bonds. The first-order valence-electron chi connectivity index (χ1n) is 4.15. The van der Waals surface area contributed by atoms with Crippen molar-refractivity contribution in [3.63, 3.8) is 0 Å². The van der Waals surface area contributed by atoms with Crippen molar-refractivity contribution in [1.82, 2.24) is 0 Å². The van der Waals surface area contributed by atoms with E-state index >= 15 is 0 Å². The molecular formula is C9H11F2NO3. The van der Waals surface area contributed by atoms with Gasteiger partial charge in [0.2, 0.25) is 5.82 Å². The third-order valence-electron chi connectivity index (χ3n) is 1.97. The number of methoxy groups -OCH3 is 1. The summed E-state index contributed by atoms with van der Waals surface area (Å²) in [7, 11) is 1.07. The Hall–Kier alpha value is -1.40. The minimum atomic E-state index is -1.32. The second-order valence-corrected chi connectivity index (χ2v) is 2.89. The van der Waals surface area contributed by atoms with Crippen LogP contribution in [0.25, 0.3) is 0 Å². The van der Waals surface area contributed by atoms with Gasteiger partial charge in [-0.3, -0.25) is 0 Å². The van der Waals surface area contributed by atoms with Crippen molar-refractivity contribution in [2.75, 3.05) is 13.7 Å². The molecule has 6 heteroatoms. The van der Waals surface area contributed by atoms with Crippen LogP contribution in [0.15, 0.2) is 6.07 Å². The summed E-state index contributed by atoms with van der Waals surface area (Å²) in [5.74, 6) is -3.80. The van der Waals surface area contributed by atoms with E-state index in [2.05, 4.69) is 4.74 Å². The lowest BCUT2D eigenvalue weighted by atomic mass is 10.1. The standard InChI is InChI=1S/C9H11F2NO3/c1-15-9-5(10)2-4(6(13)3-12)8(14)7(9)11/h2,6,13-14H,3,12H2,1H3. The molecule has 15 heavy (non-hydrogen) atoms. The second-order valence-electron chi connectivity index (χ2n) is 2.89. The number of hydrogen-bond acceptors (Lipinski definition) is 4. The lowest BCUT2D eigenvalue weighted by Gasteiger charge is -2.13. The summed E-state index contributed by atoms with van der Waals surface area (Å²) in [5.41, 5.74) is 4.81. The molecule has 1 rings (SSSR count). The molecule has 0 aliphatic rings. The second kappa shape index (κ2) is 4.41. The topological polar surface area (TPSA) is 75.7 Å². The summed E-state index contributed by atoms with van der Waals surface area (Å²) in [6.07, 6.45) is -1.32. The number of benzene rings is 1. The molecule has 1 unspecified atom stereocenters. The molecule has 0 aliphatic heterocycles. The molecule has 0 saturated heterocycles. The van der Waals surface area contributed by atoms with Crippen LogP contribution in [0.1, 0.15) is 11.7 Å².